The Morgan fingerprint density at radius 1 is 0.811 bits per heavy atom. The Kier molecular flexibility index (Phi) is 17.7. The molecule has 8 atom stereocenters. The maximum atomic E-state index is 5.90. The van der Waals surface area contributed by atoms with Gasteiger partial charge < -0.3 is 19.6 Å². The van der Waals surface area contributed by atoms with Crippen LogP contribution in [0.1, 0.15) is 87.0 Å². The molecule has 0 aliphatic heterocycles. The molecule has 3 aliphatic carbocycles. The second-order valence-corrected chi connectivity index (χ2v) is 22.3. The molecule has 0 heterocycles. The molecule has 0 bridgehead atoms. The van der Waals surface area contributed by atoms with Gasteiger partial charge in [-0.25, -0.2) is 0 Å². The molecule has 0 radical (unpaired) electrons. The van der Waals surface area contributed by atoms with Crippen molar-refractivity contribution >= 4 is 25.1 Å². The summed E-state index contributed by atoms with van der Waals surface area (Å²) >= 11 is -0.826. The number of rotatable bonds is 9. The summed E-state index contributed by atoms with van der Waals surface area (Å²) in [5.41, 5.74) is 1.96. The van der Waals surface area contributed by atoms with Crippen LogP contribution in [-0.4, -0.2) is 20.3 Å². The predicted molar refractivity (Wildman–Crippen MR) is 168 cm³/mol. The van der Waals surface area contributed by atoms with Crippen LogP contribution >= 0.6 is 17.0 Å². The van der Waals surface area contributed by atoms with Gasteiger partial charge in [0, 0.05) is 6.61 Å². The average molecular weight is 651 g/mol. The van der Waals surface area contributed by atoms with Crippen LogP contribution in [0.5, 0.6) is 0 Å². The number of hydrogen-bond acceptors (Lipinski definition) is 1. The molecule has 0 saturated heterocycles. The van der Waals surface area contributed by atoms with E-state index in [9.17, 15) is 0 Å². The van der Waals surface area contributed by atoms with E-state index >= 15 is 0 Å². The Morgan fingerprint density at radius 3 is 1.81 bits per heavy atom. The van der Waals surface area contributed by atoms with Crippen LogP contribution in [0.3, 0.4) is 0 Å². The fourth-order valence-electron chi connectivity index (χ4n) is 8.20. The van der Waals surface area contributed by atoms with Crippen molar-refractivity contribution in [1.29, 1.82) is 0 Å². The van der Waals surface area contributed by atoms with E-state index in [1.165, 1.54) is 38.5 Å². The molecule has 5 heteroatoms. The van der Waals surface area contributed by atoms with Crippen molar-refractivity contribution in [3.63, 3.8) is 0 Å². The zero-order valence-corrected chi connectivity index (χ0v) is 31.1. The first-order valence-corrected chi connectivity index (χ1v) is 23.8. The SMILES string of the molecule is CC1C(C)C(C)C([Si](C)(C)C2CC(CCCCCCOC(C)(C)C)C3C=CC=CC32)C1C.[CH3-].[CH3-].[Cl][Zr+2][Cl]. The third-order valence-corrected chi connectivity index (χ3v) is 15.5. The molecule has 0 N–H and O–H groups in total. The number of halogens is 2. The van der Waals surface area contributed by atoms with Gasteiger partial charge in [0.05, 0.1) is 13.7 Å². The second-order valence-electron chi connectivity index (χ2n) is 13.5. The molecule has 2 fully saturated rings. The summed E-state index contributed by atoms with van der Waals surface area (Å²) in [4.78, 5) is 0. The second kappa shape index (κ2) is 17.2. The van der Waals surface area contributed by atoms with Gasteiger partial charge in [-0.2, -0.15) is 0 Å². The zero-order valence-electron chi connectivity index (χ0n) is 26.1. The number of allylic oxidation sites excluding steroid dienone is 4. The summed E-state index contributed by atoms with van der Waals surface area (Å²) in [5.74, 6) is 6.11. The molecule has 216 valence electrons. The Hall–Kier alpha value is 1.12. The van der Waals surface area contributed by atoms with Crippen molar-refractivity contribution in [2.45, 2.75) is 117 Å². The Balaban J connectivity index is 0.00000247. The molecule has 3 rings (SSSR count). The molecule has 8 unspecified atom stereocenters. The summed E-state index contributed by atoms with van der Waals surface area (Å²) in [6.07, 6.45) is 18.2. The van der Waals surface area contributed by atoms with Crippen molar-refractivity contribution in [2.24, 2.45) is 41.4 Å². The zero-order chi connectivity index (χ0) is 26.4. The Morgan fingerprint density at radius 2 is 1.30 bits per heavy atom. The van der Waals surface area contributed by atoms with Gasteiger partial charge in [0.15, 0.2) is 0 Å². The summed E-state index contributed by atoms with van der Waals surface area (Å²) < 4.78 is 5.90. The van der Waals surface area contributed by atoms with Gasteiger partial charge >= 0.3 is 37.9 Å². The predicted octanol–water partition coefficient (Wildman–Crippen LogP) is 11.4. The van der Waals surface area contributed by atoms with E-state index in [0.29, 0.717) is 0 Å². The normalized spacial score (nSPS) is 34.5. The van der Waals surface area contributed by atoms with Gasteiger partial charge in [0.2, 0.25) is 0 Å². The van der Waals surface area contributed by atoms with Gasteiger partial charge in [-0.1, -0.05) is 84.4 Å². The Bertz CT molecular complexity index is 675. The molecule has 2 saturated carbocycles. The van der Waals surface area contributed by atoms with Crippen molar-refractivity contribution < 1.29 is 25.6 Å². The summed E-state index contributed by atoms with van der Waals surface area (Å²) in [6, 6.07) is 0. The van der Waals surface area contributed by atoms with Gasteiger partial charge in [0.25, 0.3) is 0 Å². The van der Waals surface area contributed by atoms with E-state index in [-0.39, 0.29) is 20.5 Å². The van der Waals surface area contributed by atoms with E-state index in [2.05, 4.69) is 85.9 Å². The summed E-state index contributed by atoms with van der Waals surface area (Å²) in [6.45, 7) is 23.2. The van der Waals surface area contributed by atoms with Gasteiger partial charge in [-0.3, -0.25) is 0 Å². The van der Waals surface area contributed by atoms with Gasteiger partial charge in [-0.15, -0.1) is 0 Å². The number of unbranched alkanes of at least 4 members (excludes halogenated alkanes) is 3. The van der Waals surface area contributed by atoms with Crippen molar-refractivity contribution in [1.82, 2.24) is 0 Å². The van der Waals surface area contributed by atoms with Gasteiger partial charge in [0.1, 0.15) is 0 Å². The minimum atomic E-state index is -1.38. The van der Waals surface area contributed by atoms with Crippen LogP contribution in [0.2, 0.25) is 24.2 Å². The van der Waals surface area contributed by atoms with E-state index in [4.69, 9.17) is 21.8 Å². The van der Waals surface area contributed by atoms with Crippen LogP contribution in [0.25, 0.3) is 0 Å². The van der Waals surface area contributed by atoms with Crippen molar-refractivity contribution in [2.75, 3.05) is 6.61 Å². The average Bonchev–Trinajstić information content (AvgIpc) is 3.25. The number of fused-ring (bicyclic) bond motifs is 1. The molecular weight excluding hydrogens is 591 g/mol. The molecule has 0 aromatic heterocycles. The van der Waals surface area contributed by atoms with Crippen LogP contribution in [0.15, 0.2) is 24.3 Å². The molecule has 0 aromatic rings. The fourth-order valence-corrected chi connectivity index (χ4v) is 14.2. The first kappa shape index (κ1) is 38.1. The van der Waals surface area contributed by atoms with Crippen LogP contribution in [0, 0.1) is 56.3 Å². The molecule has 0 spiro atoms. The molecular formula is C32H60Cl2OSiZr. The quantitative estimate of drug-likeness (QED) is 0.137. The molecule has 0 aromatic carbocycles. The molecule has 3 aliphatic rings. The molecule has 0 amide bonds. The third-order valence-electron chi connectivity index (χ3n) is 10.2. The number of hydrogen-bond donors (Lipinski definition) is 0. The Labute approximate surface area is 253 Å². The van der Waals surface area contributed by atoms with E-state index in [1.54, 1.807) is 0 Å². The van der Waals surface area contributed by atoms with Crippen molar-refractivity contribution in [3.8, 4) is 0 Å². The minimum absolute atomic E-state index is 0. The van der Waals surface area contributed by atoms with Crippen LogP contribution < -0.4 is 0 Å². The standard InChI is InChI=1S/C30H54OSi.2CH3.2ClH.Zr/c1-21-22(2)24(4)29(23(21)3)32(8,9)28-20-25(26-17-13-14-18-27(26)28)16-12-10-11-15-19-31-30(5,6)7;;;;;/h13-14,17-18,21-29H,10-12,15-16,19-20H2,1-9H3;2*1H3;2*1H;/q;2*-1;;;+4/p-2. The van der Waals surface area contributed by atoms with Crippen LogP contribution in [0.4, 0.5) is 0 Å². The van der Waals surface area contributed by atoms with Crippen molar-refractivity contribution in [3.05, 3.63) is 39.2 Å². The maximum absolute atomic E-state index is 5.90. The van der Waals surface area contributed by atoms with Crippen LogP contribution in [-0.2, 0) is 25.6 Å². The van der Waals surface area contributed by atoms with E-state index in [0.717, 1.165) is 59.1 Å². The molecule has 37 heavy (non-hydrogen) atoms. The van der Waals surface area contributed by atoms with E-state index < -0.39 is 28.9 Å². The summed E-state index contributed by atoms with van der Waals surface area (Å²) in [7, 11) is 8.49. The fraction of sp³-hybridized carbons (Fsp3) is 0.812. The first-order chi connectivity index (χ1) is 16.4. The molecule has 1 nitrogen and oxygen atoms in total. The van der Waals surface area contributed by atoms with Gasteiger partial charge in [-0.05, 0) is 92.5 Å². The topological polar surface area (TPSA) is 9.23 Å². The monoisotopic (exact) mass is 648 g/mol. The summed E-state index contributed by atoms with van der Waals surface area (Å²) in [5, 5.41) is 0. The third kappa shape index (κ3) is 10.2. The number of ether oxygens (including phenoxy) is 1. The first-order valence-electron chi connectivity index (χ1n) is 14.3. The van der Waals surface area contributed by atoms with E-state index in [1.807, 2.05) is 0 Å².